The van der Waals surface area contributed by atoms with E-state index in [0.29, 0.717) is 18.1 Å². The second-order valence-electron chi connectivity index (χ2n) is 7.57. The number of halogens is 5. The van der Waals surface area contributed by atoms with E-state index >= 15 is 0 Å². The Bertz CT molecular complexity index is 1110. The van der Waals surface area contributed by atoms with Crippen LogP contribution in [-0.4, -0.2) is 40.4 Å². The molecule has 0 unspecified atom stereocenters. The Balaban J connectivity index is 1.33. The summed E-state index contributed by atoms with van der Waals surface area (Å²) in [4.78, 5) is 22.3. The molecule has 0 aliphatic carbocycles. The Morgan fingerprint density at radius 2 is 1.90 bits per heavy atom. The zero-order valence-corrected chi connectivity index (χ0v) is 17.8. The molecule has 1 saturated heterocycles. The number of amides is 1. The first-order chi connectivity index (χ1) is 14.7. The summed E-state index contributed by atoms with van der Waals surface area (Å²) in [5.41, 5.74) is 0.852. The Kier molecular flexibility index (Phi) is 6.14. The van der Waals surface area contributed by atoms with Gasteiger partial charge in [-0.2, -0.15) is 13.2 Å². The van der Waals surface area contributed by atoms with Crippen molar-refractivity contribution in [3.05, 3.63) is 57.8 Å². The van der Waals surface area contributed by atoms with Crippen LogP contribution >= 0.6 is 23.2 Å². The number of anilines is 1. The van der Waals surface area contributed by atoms with Gasteiger partial charge in [-0.15, -0.1) is 0 Å². The maximum atomic E-state index is 13.0. The minimum absolute atomic E-state index is 0.0672. The lowest BCUT2D eigenvalue weighted by molar-refractivity contribution is -0.137. The topological polar surface area (TPSA) is 61.0 Å². The summed E-state index contributed by atoms with van der Waals surface area (Å²) in [6.45, 7) is 1.47. The molecule has 1 aromatic heterocycles. The number of benzene rings is 2. The second-order valence-corrected chi connectivity index (χ2v) is 8.42. The fourth-order valence-corrected chi connectivity index (χ4v) is 4.18. The zero-order valence-electron chi connectivity index (χ0n) is 16.3. The van der Waals surface area contributed by atoms with E-state index in [2.05, 4.69) is 15.3 Å². The lowest BCUT2D eigenvalue weighted by atomic mass is 9.96. The van der Waals surface area contributed by atoms with E-state index in [0.717, 1.165) is 41.8 Å². The van der Waals surface area contributed by atoms with Crippen LogP contribution < -0.4 is 5.32 Å². The third-order valence-electron chi connectivity index (χ3n) is 5.36. The molecule has 0 atom stereocenters. The van der Waals surface area contributed by atoms with E-state index in [1.165, 1.54) is 6.07 Å². The largest absolute Gasteiger partial charge is 0.417 e. The van der Waals surface area contributed by atoms with Crippen LogP contribution in [0, 0.1) is 0 Å². The number of aromatic amines is 1. The van der Waals surface area contributed by atoms with Crippen LogP contribution in [0.1, 0.15) is 30.1 Å². The van der Waals surface area contributed by atoms with Gasteiger partial charge in [0.2, 0.25) is 5.91 Å². The van der Waals surface area contributed by atoms with Crippen LogP contribution in [0.25, 0.3) is 11.0 Å². The second kappa shape index (κ2) is 8.68. The number of fused-ring (bicyclic) bond motifs is 1. The maximum Gasteiger partial charge on any atom is 0.417 e. The van der Waals surface area contributed by atoms with Crippen LogP contribution in [0.5, 0.6) is 0 Å². The molecule has 10 heteroatoms. The van der Waals surface area contributed by atoms with Gasteiger partial charge in [-0.3, -0.25) is 9.69 Å². The predicted molar refractivity (Wildman–Crippen MR) is 115 cm³/mol. The van der Waals surface area contributed by atoms with Crippen LogP contribution in [0.3, 0.4) is 0 Å². The number of hydrogen-bond donors (Lipinski definition) is 2. The number of aromatic nitrogens is 2. The van der Waals surface area contributed by atoms with Crippen molar-refractivity contribution in [1.82, 2.24) is 14.9 Å². The molecule has 0 radical (unpaired) electrons. The number of rotatable bonds is 4. The smallest absolute Gasteiger partial charge is 0.342 e. The normalized spacial score (nSPS) is 16.0. The van der Waals surface area contributed by atoms with E-state index < -0.39 is 16.8 Å². The summed E-state index contributed by atoms with van der Waals surface area (Å²) >= 11 is 11.6. The molecule has 5 nitrogen and oxygen atoms in total. The van der Waals surface area contributed by atoms with Gasteiger partial charge in [0.1, 0.15) is 5.82 Å². The fraction of sp³-hybridized carbons (Fsp3) is 0.333. The average Bonchev–Trinajstić information content (AvgIpc) is 3.12. The molecule has 1 aliphatic heterocycles. The quantitative estimate of drug-likeness (QED) is 0.513. The third kappa shape index (κ3) is 5.14. The number of piperidine rings is 1. The highest BCUT2D eigenvalue weighted by atomic mass is 35.5. The van der Waals surface area contributed by atoms with Crippen molar-refractivity contribution in [2.24, 2.45) is 0 Å². The third-order valence-corrected chi connectivity index (χ3v) is 5.92. The first-order valence-corrected chi connectivity index (χ1v) is 10.5. The number of carbonyl (C=O) groups is 1. The highest BCUT2D eigenvalue weighted by molar-refractivity contribution is 6.31. The molecular formula is C21H19Cl2F3N4O. The number of H-pyrrole nitrogens is 1. The van der Waals surface area contributed by atoms with E-state index in [-0.39, 0.29) is 24.1 Å². The molecule has 1 aliphatic rings. The first-order valence-electron chi connectivity index (χ1n) is 9.73. The minimum atomic E-state index is -4.58. The van der Waals surface area contributed by atoms with E-state index in [9.17, 15) is 18.0 Å². The summed E-state index contributed by atoms with van der Waals surface area (Å²) in [5, 5.41) is 2.77. The number of likely N-dealkylation sites (tertiary alicyclic amines) is 1. The number of hydrogen-bond acceptors (Lipinski definition) is 3. The summed E-state index contributed by atoms with van der Waals surface area (Å²) in [6.07, 6.45) is -2.94. The van der Waals surface area contributed by atoms with Crippen molar-refractivity contribution in [1.29, 1.82) is 0 Å². The van der Waals surface area contributed by atoms with E-state index in [1.54, 1.807) is 6.07 Å². The summed E-state index contributed by atoms with van der Waals surface area (Å²) in [7, 11) is 0. The van der Waals surface area contributed by atoms with Gasteiger partial charge in [0.15, 0.2) is 0 Å². The summed E-state index contributed by atoms with van der Waals surface area (Å²) < 4.78 is 39.0. The van der Waals surface area contributed by atoms with Crippen molar-refractivity contribution < 1.29 is 18.0 Å². The fourth-order valence-electron chi connectivity index (χ4n) is 3.78. The van der Waals surface area contributed by atoms with Gasteiger partial charge >= 0.3 is 6.18 Å². The van der Waals surface area contributed by atoms with Gasteiger partial charge in [-0.1, -0.05) is 23.2 Å². The standard InChI is InChI=1S/C21H19Cl2F3N4O/c22-13-1-4-17-18(9-13)29-20(28-17)12-5-7-30(8-6-12)11-19(31)27-14-2-3-16(23)15(10-14)21(24,25)26/h1-4,9-10,12H,5-8,11H2,(H,27,31)(H,28,29). The highest BCUT2D eigenvalue weighted by Crippen LogP contribution is 2.36. The van der Waals surface area contributed by atoms with Crippen molar-refractivity contribution >= 4 is 45.8 Å². The van der Waals surface area contributed by atoms with Crippen LogP contribution in [0.2, 0.25) is 10.0 Å². The molecule has 2 N–H and O–H groups in total. The van der Waals surface area contributed by atoms with Crippen molar-refractivity contribution in [2.45, 2.75) is 24.9 Å². The monoisotopic (exact) mass is 470 g/mol. The zero-order chi connectivity index (χ0) is 22.2. The van der Waals surface area contributed by atoms with Crippen LogP contribution in [0.15, 0.2) is 36.4 Å². The SMILES string of the molecule is O=C(CN1CCC(c2nc3ccc(Cl)cc3[nH]2)CC1)Nc1ccc(Cl)c(C(F)(F)F)c1. The lowest BCUT2D eigenvalue weighted by Crippen LogP contribution is -2.38. The molecule has 164 valence electrons. The van der Waals surface area contributed by atoms with Crippen LogP contribution in [-0.2, 0) is 11.0 Å². The van der Waals surface area contributed by atoms with E-state index in [1.807, 2.05) is 17.0 Å². The number of imidazole rings is 1. The van der Waals surface area contributed by atoms with Gasteiger partial charge in [0.05, 0.1) is 28.2 Å². The molecule has 3 aromatic rings. The minimum Gasteiger partial charge on any atom is -0.342 e. The van der Waals surface area contributed by atoms with Crippen LogP contribution in [0.4, 0.5) is 18.9 Å². The Morgan fingerprint density at radius 1 is 1.16 bits per heavy atom. The van der Waals surface area contributed by atoms with Gasteiger partial charge in [-0.05, 0) is 62.3 Å². The van der Waals surface area contributed by atoms with Gasteiger partial charge in [0.25, 0.3) is 0 Å². The molecule has 0 spiro atoms. The first kappa shape index (κ1) is 21.9. The highest BCUT2D eigenvalue weighted by Gasteiger charge is 2.33. The number of nitrogens with one attached hydrogen (secondary N) is 2. The molecule has 1 amide bonds. The Morgan fingerprint density at radius 3 is 2.61 bits per heavy atom. The van der Waals surface area contributed by atoms with Gasteiger partial charge < -0.3 is 10.3 Å². The lowest BCUT2D eigenvalue weighted by Gasteiger charge is -2.30. The molecule has 1 fully saturated rings. The Labute approximate surface area is 186 Å². The van der Waals surface area contributed by atoms with Crippen molar-refractivity contribution in [2.75, 3.05) is 25.0 Å². The van der Waals surface area contributed by atoms with Crippen molar-refractivity contribution in [3.8, 4) is 0 Å². The van der Waals surface area contributed by atoms with Crippen molar-refractivity contribution in [3.63, 3.8) is 0 Å². The maximum absolute atomic E-state index is 13.0. The molecule has 2 heterocycles. The number of alkyl halides is 3. The molecule has 2 aromatic carbocycles. The predicted octanol–water partition coefficient (Wildman–Crippen LogP) is 5.71. The Hall–Kier alpha value is -2.29. The summed E-state index contributed by atoms with van der Waals surface area (Å²) in [6, 6.07) is 8.85. The number of carbonyl (C=O) groups excluding carboxylic acids is 1. The van der Waals surface area contributed by atoms with Gasteiger partial charge in [0, 0.05) is 16.6 Å². The number of nitrogens with zero attached hydrogens (tertiary/aromatic N) is 2. The molecule has 31 heavy (non-hydrogen) atoms. The summed E-state index contributed by atoms with van der Waals surface area (Å²) in [5.74, 6) is 0.783. The molecular weight excluding hydrogens is 452 g/mol. The van der Waals surface area contributed by atoms with E-state index in [4.69, 9.17) is 23.2 Å². The molecule has 4 rings (SSSR count). The average molecular weight is 471 g/mol. The van der Waals surface area contributed by atoms with Gasteiger partial charge in [-0.25, -0.2) is 4.98 Å². The molecule has 0 saturated carbocycles. The molecule has 0 bridgehead atoms.